The molecule has 0 aliphatic carbocycles. The molecule has 0 radical (unpaired) electrons. The highest BCUT2D eigenvalue weighted by Gasteiger charge is 2.20. The van der Waals surface area contributed by atoms with Gasteiger partial charge in [-0.15, -0.1) is 5.10 Å². The van der Waals surface area contributed by atoms with Crippen molar-refractivity contribution >= 4 is 17.4 Å². The van der Waals surface area contributed by atoms with Gasteiger partial charge in [-0.1, -0.05) is 23.4 Å². The number of hydrogen-bond acceptors (Lipinski definition) is 4. The summed E-state index contributed by atoms with van der Waals surface area (Å²) >= 11 is 5.81. The molecule has 0 spiro atoms. The predicted octanol–water partition coefficient (Wildman–Crippen LogP) is 2.74. The molecule has 0 bridgehead atoms. The number of ketones is 1. The van der Waals surface area contributed by atoms with Crippen molar-refractivity contribution in [2.24, 2.45) is 0 Å². The third-order valence-electron chi connectivity index (χ3n) is 2.65. The number of hydrogen-bond donors (Lipinski definition) is 0. The van der Waals surface area contributed by atoms with Crippen LogP contribution in [-0.4, -0.2) is 20.8 Å². The Labute approximate surface area is 113 Å². The molecule has 1 aromatic carbocycles. The number of nitrogens with zero attached hydrogens (tertiary/aromatic N) is 3. The van der Waals surface area contributed by atoms with Gasteiger partial charge in [-0.2, -0.15) is 0 Å². The smallest absolute Gasteiger partial charge is 0.217 e. The molecule has 3 aromatic rings. The molecule has 2 aromatic heterocycles. The Hall–Kier alpha value is -2.40. The molecule has 0 atom stereocenters. The Kier molecular flexibility index (Phi) is 2.89. The van der Waals surface area contributed by atoms with E-state index in [0.29, 0.717) is 11.3 Å². The topological polar surface area (TPSA) is 60.9 Å². The number of rotatable bonds is 3. The fraction of sp³-hybridized carbons (Fsp3) is 0. The zero-order valence-corrected chi connectivity index (χ0v) is 10.4. The van der Waals surface area contributed by atoms with Crippen LogP contribution in [0.2, 0.25) is 5.22 Å². The second-order valence-electron chi connectivity index (χ2n) is 3.80. The average molecular weight is 274 g/mol. The Bertz CT molecular complexity index is 718. The van der Waals surface area contributed by atoms with E-state index in [1.165, 1.54) is 23.2 Å². The first-order valence-corrected chi connectivity index (χ1v) is 5.89. The van der Waals surface area contributed by atoms with Crippen molar-refractivity contribution in [2.75, 3.05) is 0 Å². The van der Waals surface area contributed by atoms with Crippen LogP contribution >= 0.6 is 11.6 Å². The first-order chi connectivity index (χ1) is 9.27. The normalized spacial score (nSPS) is 10.6. The summed E-state index contributed by atoms with van der Waals surface area (Å²) in [5.74, 6) is -0.285. The number of halogens is 1. The lowest BCUT2D eigenvalue weighted by atomic mass is 10.1. The standard InChI is InChI=1S/C13H8ClN3O2/c14-13-10(6-7-19-13)12(18)11-8-15-16-17(11)9-4-2-1-3-5-9/h1-8H. The van der Waals surface area contributed by atoms with Gasteiger partial charge >= 0.3 is 0 Å². The van der Waals surface area contributed by atoms with Crippen molar-refractivity contribution in [1.29, 1.82) is 0 Å². The second kappa shape index (κ2) is 4.70. The van der Waals surface area contributed by atoms with Gasteiger partial charge in [-0.05, 0) is 29.8 Å². The Morgan fingerprint density at radius 2 is 2.00 bits per heavy atom. The van der Waals surface area contributed by atoms with E-state index in [2.05, 4.69) is 10.3 Å². The quantitative estimate of drug-likeness (QED) is 0.689. The lowest BCUT2D eigenvalue weighted by molar-refractivity contribution is 0.103. The highest BCUT2D eigenvalue weighted by atomic mass is 35.5. The van der Waals surface area contributed by atoms with Crippen LogP contribution in [0.25, 0.3) is 5.69 Å². The van der Waals surface area contributed by atoms with E-state index >= 15 is 0 Å². The summed E-state index contributed by atoms with van der Waals surface area (Å²) < 4.78 is 6.39. The van der Waals surface area contributed by atoms with Gasteiger partial charge in [0.2, 0.25) is 11.0 Å². The van der Waals surface area contributed by atoms with Crippen LogP contribution in [0.1, 0.15) is 16.1 Å². The fourth-order valence-corrected chi connectivity index (χ4v) is 1.94. The summed E-state index contributed by atoms with van der Waals surface area (Å²) in [5.41, 5.74) is 1.37. The maximum absolute atomic E-state index is 12.3. The minimum atomic E-state index is -0.285. The number of furan rings is 1. The first-order valence-electron chi connectivity index (χ1n) is 5.51. The summed E-state index contributed by atoms with van der Waals surface area (Å²) in [5, 5.41) is 7.76. The molecule has 0 unspecified atom stereocenters. The molecular weight excluding hydrogens is 266 g/mol. The second-order valence-corrected chi connectivity index (χ2v) is 4.15. The number of carbonyl (C=O) groups excluding carboxylic acids is 1. The number of aromatic nitrogens is 3. The van der Waals surface area contributed by atoms with Crippen LogP contribution < -0.4 is 0 Å². The maximum Gasteiger partial charge on any atom is 0.217 e. The van der Waals surface area contributed by atoms with E-state index in [9.17, 15) is 4.79 Å². The van der Waals surface area contributed by atoms with Crippen molar-refractivity contribution in [3.05, 3.63) is 65.3 Å². The van der Waals surface area contributed by atoms with Crippen molar-refractivity contribution in [3.63, 3.8) is 0 Å². The maximum atomic E-state index is 12.3. The first kappa shape index (κ1) is 11.7. The summed E-state index contributed by atoms with van der Waals surface area (Å²) in [4.78, 5) is 12.3. The molecule has 3 rings (SSSR count). The molecule has 0 saturated heterocycles. The average Bonchev–Trinajstić information content (AvgIpc) is 3.07. The zero-order valence-electron chi connectivity index (χ0n) is 9.65. The lowest BCUT2D eigenvalue weighted by Gasteiger charge is -2.04. The van der Waals surface area contributed by atoms with Gasteiger partial charge in [-0.25, -0.2) is 4.68 Å². The van der Waals surface area contributed by atoms with Gasteiger partial charge in [0, 0.05) is 0 Å². The fourth-order valence-electron chi connectivity index (χ4n) is 1.74. The Morgan fingerprint density at radius 3 is 2.68 bits per heavy atom. The van der Waals surface area contributed by atoms with E-state index in [4.69, 9.17) is 16.0 Å². The van der Waals surface area contributed by atoms with Crippen molar-refractivity contribution in [1.82, 2.24) is 15.0 Å². The molecule has 0 N–H and O–H groups in total. The van der Waals surface area contributed by atoms with Gasteiger partial charge in [0.1, 0.15) is 5.69 Å². The van der Waals surface area contributed by atoms with E-state index in [-0.39, 0.29) is 11.0 Å². The summed E-state index contributed by atoms with van der Waals surface area (Å²) in [7, 11) is 0. The number of para-hydroxylation sites is 1. The minimum Gasteiger partial charge on any atom is -0.452 e. The summed E-state index contributed by atoms with van der Waals surface area (Å²) in [6, 6.07) is 10.8. The molecule has 5 nitrogen and oxygen atoms in total. The molecule has 94 valence electrons. The summed E-state index contributed by atoms with van der Waals surface area (Å²) in [6.07, 6.45) is 2.77. The van der Waals surface area contributed by atoms with Crippen molar-refractivity contribution in [3.8, 4) is 5.69 Å². The highest BCUT2D eigenvalue weighted by Crippen LogP contribution is 2.21. The van der Waals surface area contributed by atoms with Crippen LogP contribution in [-0.2, 0) is 0 Å². The molecule has 0 fully saturated rings. The number of carbonyl (C=O) groups is 1. The monoisotopic (exact) mass is 273 g/mol. The minimum absolute atomic E-state index is 0.0609. The molecular formula is C13H8ClN3O2. The van der Waals surface area contributed by atoms with Crippen LogP contribution in [0, 0.1) is 0 Å². The van der Waals surface area contributed by atoms with Crippen LogP contribution in [0.4, 0.5) is 0 Å². The Morgan fingerprint density at radius 1 is 1.21 bits per heavy atom. The SMILES string of the molecule is O=C(c1ccoc1Cl)c1cnnn1-c1ccccc1. The third-order valence-corrected chi connectivity index (χ3v) is 2.94. The van der Waals surface area contributed by atoms with Crippen molar-refractivity contribution < 1.29 is 9.21 Å². The highest BCUT2D eigenvalue weighted by molar-refractivity contribution is 6.33. The molecule has 19 heavy (non-hydrogen) atoms. The molecule has 0 amide bonds. The predicted molar refractivity (Wildman–Crippen MR) is 68.5 cm³/mol. The largest absolute Gasteiger partial charge is 0.452 e. The van der Waals surface area contributed by atoms with Crippen LogP contribution in [0.5, 0.6) is 0 Å². The van der Waals surface area contributed by atoms with E-state index in [0.717, 1.165) is 5.69 Å². The number of benzene rings is 1. The molecule has 0 aliphatic heterocycles. The molecule has 0 saturated carbocycles. The molecule has 6 heteroatoms. The van der Waals surface area contributed by atoms with Gasteiger partial charge in [0.15, 0.2) is 0 Å². The lowest BCUT2D eigenvalue weighted by Crippen LogP contribution is -2.09. The van der Waals surface area contributed by atoms with Crippen molar-refractivity contribution in [2.45, 2.75) is 0 Å². The van der Waals surface area contributed by atoms with Gasteiger partial charge in [-0.3, -0.25) is 4.79 Å². The summed E-state index contributed by atoms with van der Waals surface area (Å²) in [6.45, 7) is 0. The Balaban J connectivity index is 2.06. The zero-order chi connectivity index (χ0) is 13.2. The van der Waals surface area contributed by atoms with E-state index in [1.54, 1.807) is 0 Å². The van der Waals surface area contributed by atoms with Gasteiger partial charge in [0.05, 0.1) is 23.7 Å². The molecule has 0 aliphatic rings. The van der Waals surface area contributed by atoms with Gasteiger partial charge in [0.25, 0.3) is 0 Å². The van der Waals surface area contributed by atoms with Crippen LogP contribution in [0.15, 0.2) is 53.3 Å². The van der Waals surface area contributed by atoms with E-state index < -0.39 is 0 Å². The molecule has 2 heterocycles. The third kappa shape index (κ3) is 2.04. The van der Waals surface area contributed by atoms with E-state index in [1.807, 2.05) is 30.3 Å². The van der Waals surface area contributed by atoms with Crippen LogP contribution in [0.3, 0.4) is 0 Å². The van der Waals surface area contributed by atoms with Gasteiger partial charge < -0.3 is 4.42 Å².